The number of hydrogen-bond acceptors (Lipinski definition) is 5. The summed E-state index contributed by atoms with van der Waals surface area (Å²) in [6.07, 6.45) is -0.0806. The van der Waals surface area contributed by atoms with Crippen molar-refractivity contribution < 1.29 is 23.5 Å². The number of amides is 3. The van der Waals surface area contributed by atoms with Crippen LogP contribution in [0.5, 0.6) is 0 Å². The van der Waals surface area contributed by atoms with Crippen LogP contribution in [0.2, 0.25) is 0 Å². The molecule has 2 aromatic rings. The standard InChI is InChI=1S/C24H26FN3O4/c1-17-2-8-20(9-3-17)28-22(29)16-21(24(28)31)27(11-10-26-12-14-32-15-13-26)23(30)18-4-6-19(25)7-5-18/h2-9,21H,10-16H2,1H3. The quantitative estimate of drug-likeness (QED) is 0.646. The topological polar surface area (TPSA) is 70.2 Å². The maximum atomic E-state index is 13.4. The van der Waals surface area contributed by atoms with Gasteiger partial charge >= 0.3 is 0 Å². The smallest absolute Gasteiger partial charge is 0.257 e. The molecule has 4 rings (SSSR count). The third-order valence-corrected chi connectivity index (χ3v) is 5.90. The molecule has 8 heteroatoms. The van der Waals surface area contributed by atoms with Gasteiger partial charge in [0.05, 0.1) is 25.3 Å². The van der Waals surface area contributed by atoms with Crippen molar-refractivity contribution in [3.63, 3.8) is 0 Å². The van der Waals surface area contributed by atoms with Crippen molar-refractivity contribution in [1.82, 2.24) is 9.80 Å². The highest BCUT2D eigenvalue weighted by Crippen LogP contribution is 2.27. The first kappa shape index (κ1) is 22.1. The van der Waals surface area contributed by atoms with Crippen LogP contribution in [0.25, 0.3) is 0 Å². The summed E-state index contributed by atoms with van der Waals surface area (Å²) in [5.41, 5.74) is 1.79. The Bertz CT molecular complexity index is 987. The molecular formula is C24H26FN3O4. The Morgan fingerprint density at radius 3 is 2.38 bits per heavy atom. The van der Waals surface area contributed by atoms with Gasteiger partial charge in [0.25, 0.3) is 11.8 Å². The molecule has 0 N–H and O–H groups in total. The van der Waals surface area contributed by atoms with Gasteiger partial charge in [0, 0.05) is 31.7 Å². The van der Waals surface area contributed by atoms with E-state index >= 15 is 0 Å². The number of aryl methyl sites for hydroxylation is 1. The van der Waals surface area contributed by atoms with Crippen molar-refractivity contribution in [2.24, 2.45) is 0 Å². The van der Waals surface area contributed by atoms with E-state index in [1.165, 1.54) is 29.2 Å². The fourth-order valence-electron chi connectivity index (χ4n) is 4.06. The first-order valence-corrected chi connectivity index (χ1v) is 10.7. The summed E-state index contributed by atoms with van der Waals surface area (Å²) in [5.74, 6) is -1.60. The molecule has 0 spiro atoms. The number of morpholine rings is 1. The van der Waals surface area contributed by atoms with Crippen molar-refractivity contribution in [3.05, 3.63) is 65.5 Å². The highest BCUT2D eigenvalue weighted by atomic mass is 19.1. The van der Waals surface area contributed by atoms with Gasteiger partial charge in [-0.15, -0.1) is 0 Å². The third-order valence-electron chi connectivity index (χ3n) is 5.90. The Kier molecular flexibility index (Phi) is 6.62. The van der Waals surface area contributed by atoms with E-state index in [1.807, 2.05) is 19.1 Å². The number of carbonyl (C=O) groups is 3. The van der Waals surface area contributed by atoms with Gasteiger partial charge in [-0.1, -0.05) is 17.7 Å². The first-order chi connectivity index (χ1) is 15.4. The monoisotopic (exact) mass is 439 g/mol. The van der Waals surface area contributed by atoms with E-state index in [1.54, 1.807) is 12.1 Å². The molecule has 168 valence electrons. The first-order valence-electron chi connectivity index (χ1n) is 10.7. The van der Waals surface area contributed by atoms with Gasteiger partial charge in [-0.05, 0) is 43.3 Å². The van der Waals surface area contributed by atoms with Gasteiger partial charge in [0.1, 0.15) is 11.9 Å². The summed E-state index contributed by atoms with van der Waals surface area (Å²) >= 11 is 0. The largest absolute Gasteiger partial charge is 0.379 e. The van der Waals surface area contributed by atoms with Crippen molar-refractivity contribution >= 4 is 23.4 Å². The number of ether oxygens (including phenoxy) is 1. The van der Waals surface area contributed by atoms with Gasteiger partial charge in [-0.25, -0.2) is 9.29 Å². The Hall–Kier alpha value is -3.10. The molecule has 2 aromatic carbocycles. The minimum Gasteiger partial charge on any atom is -0.379 e. The molecule has 0 aromatic heterocycles. The molecule has 1 atom stereocenters. The molecule has 32 heavy (non-hydrogen) atoms. The Balaban J connectivity index is 1.58. The molecule has 2 fully saturated rings. The summed E-state index contributed by atoms with van der Waals surface area (Å²) in [6.45, 7) is 5.48. The Morgan fingerprint density at radius 1 is 1.06 bits per heavy atom. The lowest BCUT2D eigenvalue weighted by Gasteiger charge is -2.32. The van der Waals surface area contributed by atoms with E-state index < -0.39 is 23.7 Å². The summed E-state index contributed by atoms with van der Waals surface area (Å²) in [5, 5.41) is 0. The molecule has 7 nitrogen and oxygen atoms in total. The average Bonchev–Trinajstić information content (AvgIpc) is 3.09. The zero-order valence-electron chi connectivity index (χ0n) is 18.0. The second-order valence-corrected chi connectivity index (χ2v) is 8.08. The number of hydrogen-bond donors (Lipinski definition) is 0. The van der Waals surface area contributed by atoms with Crippen molar-refractivity contribution in [3.8, 4) is 0 Å². The van der Waals surface area contributed by atoms with Gasteiger partial charge < -0.3 is 9.64 Å². The van der Waals surface area contributed by atoms with E-state index in [2.05, 4.69) is 4.90 Å². The number of rotatable bonds is 6. The van der Waals surface area contributed by atoms with Gasteiger partial charge in [0.2, 0.25) is 5.91 Å². The molecule has 0 saturated carbocycles. The summed E-state index contributed by atoms with van der Waals surface area (Å²) in [4.78, 5) is 44.2. The van der Waals surface area contributed by atoms with Crippen molar-refractivity contribution in [2.45, 2.75) is 19.4 Å². The maximum absolute atomic E-state index is 13.4. The third kappa shape index (κ3) is 4.71. The zero-order chi connectivity index (χ0) is 22.7. The van der Waals surface area contributed by atoms with Crippen molar-refractivity contribution in [1.29, 1.82) is 0 Å². The highest BCUT2D eigenvalue weighted by Gasteiger charge is 2.44. The van der Waals surface area contributed by atoms with Crippen LogP contribution in [0.4, 0.5) is 10.1 Å². The molecule has 1 unspecified atom stereocenters. The van der Waals surface area contributed by atoms with Crippen LogP contribution in [-0.2, 0) is 14.3 Å². The van der Waals surface area contributed by atoms with Crippen LogP contribution in [0.3, 0.4) is 0 Å². The number of carbonyl (C=O) groups excluding carboxylic acids is 3. The minimum absolute atomic E-state index is 0.0806. The van der Waals surface area contributed by atoms with Crippen LogP contribution < -0.4 is 4.90 Å². The second kappa shape index (κ2) is 9.58. The second-order valence-electron chi connectivity index (χ2n) is 8.08. The molecular weight excluding hydrogens is 413 g/mol. The predicted octanol–water partition coefficient (Wildman–Crippen LogP) is 2.24. The fraction of sp³-hybridized carbons (Fsp3) is 0.375. The number of imide groups is 1. The molecule has 0 aliphatic carbocycles. The van der Waals surface area contributed by atoms with E-state index in [0.29, 0.717) is 25.4 Å². The zero-order valence-corrected chi connectivity index (χ0v) is 18.0. The lowest BCUT2D eigenvalue weighted by molar-refractivity contribution is -0.122. The van der Waals surface area contributed by atoms with Crippen LogP contribution >= 0.6 is 0 Å². The summed E-state index contributed by atoms with van der Waals surface area (Å²) in [7, 11) is 0. The molecule has 2 heterocycles. The van der Waals surface area contributed by atoms with Crippen molar-refractivity contribution in [2.75, 3.05) is 44.3 Å². The van der Waals surface area contributed by atoms with Gasteiger partial charge in [0.15, 0.2) is 0 Å². The highest BCUT2D eigenvalue weighted by molar-refractivity contribution is 6.23. The van der Waals surface area contributed by atoms with Crippen LogP contribution in [0.15, 0.2) is 48.5 Å². The Labute approximate surface area is 186 Å². The van der Waals surface area contributed by atoms with E-state index in [-0.39, 0.29) is 24.4 Å². The predicted molar refractivity (Wildman–Crippen MR) is 117 cm³/mol. The van der Waals surface area contributed by atoms with E-state index in [4.69, 9.17) is 4.74 Å². The van der Waals surface area contributed by atoms with Crippen LogP contribution in [0.1, 0.15) is 22.3 Å². The molecule has 3 amide bonds. The lowest BCUT2D eigenvalue weighted by atomic mass is 10.1. The normalized spacial score (nSPS) is 19.4. The molecule has 2 aliphatic heterocycles. The van der Waals surface area contributed by atoms with Gasteiger partial charge in [-0.2, -0.15) is 0 Å². The molecule has 2 aliphatic rings. The van der Waals surface area contributed by atoms with E-state index in [0.717, 1.165) is 23.6 Å². The van der Waals surface area contributed by atoms with Gasteiger partial charge in [-0.3, -0.25) is 19.3 Å². The average molecular weight is 439 g/mol. The summed E-state index contributed by atoms with van der Waals surface area (Å²) in [6, 6.07) is 11.5. The van der Waals surface area contributed by atoms with Crippen LogP contribution in [-0.4, -0.2) is 73.0 Å². The number of anilines is 1. The lowest BCUT2D eigenvalue weighted by Crippen LogP contribution is -2.49. The summed E-state index contributed by atoms with van der Waals surface area (Å²) < 4.78 is 18.7. The SMILES string of the molecule is Cc1ccc(N2C(=O)CC(N(CCN3CCOCC3)C(=O)c3ccc(F)cc3)C2=O)cc1. The molecule has 2 saturated heterocycles. The number of halogens is 1. The molecule has 0 bridgehead atoms. The number of nitrogens with zero attached hydrogens (tertiary/aromatic N) is 3. The minimum atomic E-state index is -0.901. The fourth-order valence-corrected chi connectivity index (χ4v) is 4.06. The number of benzene rings is 2. The van der Waals surface area contributed by atoms with Crippen LogP contribution in [0, 0.1) is 12.7 Å². The Morgan fingerprint density at radius 2 is 1.72 bits per heavy atom. The maximum Gasteiger partial charge on any atom is 0.257 e. The van der Waals surface area contributed by atoms with E-state index in [9.17, 15) is 18.8 Å². The molecule has 0 radical (unpaired) electrons.